The highest BCUT2D eigenvalue weighted by atomic mass is 16.7. The lowest BCUT2D eigenvalue weighted by Crippen LogP contribution is -2.20. The Hall–Kier alpha value is -3.22. The van der Waals surface area contributed by atoms with Gasteiger partial charge in [-0.3, -0.25) is 4.79 Å². The standard InChI is InChI=1S/C19H19NO6/c1-12(2)26-19(22)13-3-6-15(7-4-13)23-10-18(21)20-14-5-8-16-17(9-14)25-11-24-16/h3-9,12H,10-11H2,1-2H3,(H,20,21). The van der Waals surface area contributed by atoms with Crippen molar-refractivity contribution in [3.05, 3.63) is 48.0 Å². The van der Waals surface area contributed by atoms with Gasteiger partial charge >= 0.3 is 5.97 Å². The van der Waals surface area contributed by atoms with Crippen LogP contribution in [0.15, 0.2) is 42.5 Å². The Kier molecular flexibility index (Phi) is 5.26. The topological polar surface area (TPSA) is 83.1 Å². The van der Waals surface area contributed by atoms with E-state index in [2.05, 4.69) is 5.32 Å². The molecule has 0 bridgehead atoms. The first-order chi connectivity index (χ1) is 12.5. The first-order valence-electron chi connectivity index (χ1n) is 8.14. The molecule has 1 amide bonds. The van der Waals surface area contributed by atoms with Gasteiger partial charge in [-0.25, -0.2) is 4.79 Å². The van der Waals surface area contributed by atoms with Crippen LogP contribution in [0, 0.1) is 0 Å². The molecule has 1 heterocycles. The van der Waals surface area contributed by atoms with Gasteiger partial charge in [-0.1, -0.05) is 0 Å². The van der Waals surface area contributed by atoms with Crippen LogP contribution in [-0.4, -0.2) is 31.4 Å². The summed E-state index contributed by atoms with van der Waals surface area (Å²) in [5, 5.41) is 2.72. The van der Waals surface area contributed by atoms with Gasteiger partial charge in [0.25, 0.3) is 5.91 Å². The van der Waals surface area contributed by atoms with Crippen LogP contribution in [0.2, 0.25) is 0 Å². The summed E-state index contributed by atoms with van der Waals surface area (Å²) in [6, 6.07) is 11.6. The van der Waals surface area contributed by atoms with Crippen molar-refractivity contribution >= 4 is 17.6 Å². The number of esters is 1. The van der Waals surface area contributed by atoms with E-state index in [1.165, 1.54) is 0 Å². The second-order valence-electron chi connectivity index (χ2n) is 5.88. The molecule has 0 atom stereocenters. The molecule has 0 unspecified atom stereocenters. The molecule has 136 valence electrons. The molecule has 0 aromatic heterocycles. The van der Waals surface area contributed by atoms with Gasteiger partial charge in [0, 0.05) is 11.8 Å². The van der Waals surface area contributed by atoms with E-state index in [-0.39, 0.29) is 25.4 Å². The molecule has 0 aliphatic carbocycles. The van der Waals surface area contributed by atoms with Crippen molar-refractivity contribution in [2.75, 3.05) is 18.7 Å². The molecule has 7 nitrogen and oxygen atoms in total. The third-order valence-electron chi connectivity index (χ3n) is 3.46. The van der Waals surface area contributed by atoms with Gasteiger partial charge in [-0.05, 0) is 50.2 Å². The second kappa shape index (κ2) is 7.77. The van der Waals surface area contributed by atoms with Gasteiger partial charge in [0.15, 0.2) is 18.1 Å². The summed E-state index contributed by atoms with van der Waals surface area (Å²) in [7, 11) is 0. The fraction of sp³-hybridized carbons (Fsp3) is 0.263. The Morgan fingerprint density at radius 2 is 1.81 bits per heavy atom. The van der Waals surface area contributed by atoms with E-state index in [0.29, 0.717) is 28.5 Å². The Balaban J connectivity index is 1.50. The Labute approximate surface area is 150 Å². The number of anilines is 1. The van der Waals surface area contributed by atoms with Gasteiger partial charge in [0.1, 0.15) is 5.75 Å². The monoisotopic (exact) mass is 357 g/mol. The van der Waals surface area contributed by atoms with Crippen molar-refractivity contribution < 1.29 is 28.5 Å². The highest BCUT2D eigenvalue weighted by molar-refractivity contribution is 5.92. The van der Waals surface area contributed by atoms with E-state index < -0.39 is 5.97 Å². The van der Waals surface area contributed by atoms with Crippen molar-refractivity contribution in [2.45, 2.75) is 20.0 Å². The van der Waals surface area contributed by atoms with E-state index in [9.17, 15) is 9.59 Å². The van der Waals surface area contributed by atoms with Crippen molar-refractivity contribution in [1.29, 1.82) is 0 Å². The van der Waals surface area contributed by atoms with Crippen molar-refractivity contribution in [3.8, 4) is 17.2 Å². The van der Waals surface area contributed by atoms with E-state index in [0.717, 1.165) is 0 Å². The van der Waals surface area contributed by atoms with Crippen LogP contribution >= 0.6 is 0 Å². The predicted molar refractivity (Wildman–Crippen MR) is 93.7 cm³/mol. The number of hydrogen-bond donors (Lipinski definition) is 1. The molecule has 0 saturated heterocycles. The minimum Gasteiger partial charge on any atom is -0.484 e. The van der Waals surface area contributed by atoms with E-state index >= 15 is 0 Å². The zero-order valence-electron chi connectivity index (χ0n) is 14.5. The molecular weight excluding hydrogens is 338 g/mol. The summed E-state index contributed by atoms with van der Waals surface area (Å²) < 4.78 is 21.0. The maximum absolute atomic E-state index is 12.0. The molecule has 1 aliphatic heterocycles. The van der Waals surface area contributed by atoms with Gasteiger partial charge in [0.05, 0.1) is 11.7 Å². The quantitative estimate of drug-likeness (QED) is 0.800. The number of benzene rings is 2. The van der Waals surface area contributed by atoms with E-state index in [4.69, 9.17) is 18.9 Å². The van der Waals surface area contributed by atoms with E-state index in [1.807, 2.05) is 0 Å². The second-order valence-corrected chi connectivity index (χ2v) is 5.88. The highest BCUT2D eigenvalue weighted by Gasteiger charge is 2.14. The molecule has 0 radical (unpaired) electrons. The molecule has 0 spiro atoms. The highest BCUT2D eigenvalue weighted by Crippen LogP contribution is 2.34. The summed E-state index contributed by atoms with van der Waals surface area (Å²) in [4.78, 5) is 23.8. The lowest BCUT2D eigenvalue weighted by atomic mass is 10.2. The van der Waals surface area contributed by atoms with Gasteiger partial charge in [-0.2, -0.15) is 0 Å². The van der Waals surface area contributed by atoms with Crippen molar-refractivity contribution in [1.82, 2.24) is 0 Å². The van der Waals surface area contributed by atoms with Crippen LogP contribution in [0.25, 0.3) is 0 Å². The third kappa shape index (κ3) is 4.44. The first kappa shape index (κ1) is 17.6. The maximum Gasteiger partial charge on any atom is 0.338 e. The average Bonchev–Trinajstić information content (AvgIpc) is 3.07. The van der Waals surface area contributed by atoms with Crippen LogP contribution in [-0.2, 0) is 9.53 Å². The maximum atomic E-state index is 12.0. The number of ether oxygens (including phenoxy) is 4. The Bertz CT molecular complexity index is 800. The lowest BCUT2D eigenvalue weighted by Gasteiger charge is -2.10. The van der Waals surface area contributed by atoms with Gasteiger partial charge in [-0.15, -0.1) is 0 Å². The Morgan fingerprint density at radius 1 is 1.08 bits per heavy atom. The molecule has 3 rings (SSSR count). The fourth-order valence-corrected chi connectivity index (χ4v) is 2.29. The van der Waals surface area contributed by atoms with E-state index in [1.54, 1.807) is 56.3 Å². The molecule has 2 aromatic rings. The molecule has 0 saturated carbocycles. The van der Waals surface area contributed by atoms with Crippen molar-refractivity contribution in [2.24, 2.45) is 0 Å². The minimum absolute atomic E-state index is 0.162. The van der Waals surface area contributed by atoms with Crippen LogP contribution in [0.1, 0.15) is 24.2 Å². The molecule has 0 fully saturated rings. The Morgan fingerprint density at radius 3 is 2.54 bits per heavy atom. The van der Waals surface area contributed by atoms with Crippen LogP contribution in [0.4, 0.5) is 5.69 Å². The van der Waals surface area contributed by atoms with Crippen molar-refractivity contribution in [3.63, 3.8) is 0 Å². The number of carbonyl (C=O) groups excluding carboxylic acids is 2. The number of fused-ring (bicyclic) bond motifs is 1. The minimum atomic E-state index is -0.396. The summed E-state index contributed by atoms with van der Waals surface area (Å²) in [5.41, 5.74) is 1.02. The number of hydrogen-bond acceptors (Lipinski definition) is 6. The number of carbonyl (C=O) groups is 2. The molecule has 7 heteroatoms. The predicted octanol–water partition coefficient (Wildman–Crippen LogP) is 3.00. The molecule has 2 aromatic carbocycles. The summed E-state index contributed by atoms with van der Waals surface area (Å²) in [6.07, 6.45) is -0.182. The van der Waals surface area contributed by atoms with Crippen LogP contribution in [0.5, 0.6) is 17.2 Å². The van der Waals surface area contributed by atoms with Crippen LogP contribution in [0.3, 0.4) is 0 Å². The largest absolute Gasteiger partial charge is 0.484 e. The summed E-state index contributed by atoms with van der Waals surface area (Å²) in [6.45, 7) is 3.59. The number of rotatable bonds is 6. The normalized spacial score (nSPS) is 12.0. The van der Waals surface area contributed by atoms with Crippen LogP contribution < -0.4 is 19.5 Å². The van der Waals surface area contributed by atoms with Gasteiger partial charge in [0.2, 0.25) is 6.79 Å². The molecule has 1 aliphatic rings. The summed E-state index contributed by atoms with van der Waals surface area (Å²) >= 11 is 0. The molecular formula is C19H19NO6. The lowest BCUT2D eigenvalue weighted by molar-refractivity contribution is -0.118. The molecule has 1 N–H and O–H groups in total. The third-order valence-corrected chi connectivity index (χ3v) is 3.46. The smallest absolute Gasteiger partial charge is 0.338 e. The SMILES string of the molecule is CC(C)OC(=O)c1ccc(OCC(=O)Nc2ccc3c(c2)OCO3)cc1. The molecule has 26 heavy (non-hydrogen) atoms. The number of nitrogens with one attached hydrogen (secondary N) is 1. The van der Waals surface area contributed by atoms with Gasteiger partial charge < -0.3 is 24.3 Å². The average molecular weight is 357 g/mol. The zero-order valence-corrected chi connectivity index (χ0v) is 14.5. The fourth-order valence-electron chi connectivity index (χ4n) is 2.29. The summed E-state index contributed by atoms with van der Waals surface area (Å²) in [5.74, 6) is 1.01. The number of amides is 1. The zero-order chi connectivity index (χ0) is 18.5. The first-order valence-corrected chi connectivity index (χ1v) is 8.14.